The van der Waals surface area contributed by atoms with E-state index in [1.54, 1.807) is 0 Å². The van der Waals surface area contributed by atoms with E-state index in [-0.39, 0.29) is 18.7 Å². The van der Waals surface area contributed by atoms with Crippen molar-refractivity contribution in [3.63, 3.8) is 0 Å². The lowest BCUT2D eigenvalue weighted by molar-refractivity contribution is -0.147. The highest BCUT2D eigenvalue weighted by atomic mass is 16.5. The predicted octanol–water partition coefficient (Wildman–Crippen LogP) is 1.31. The SMILES string of the molecule is CCC1CCC(NC(=O)N2CCOCC2C(=O)O)C1C. The van der Waals surface area contributed by atoms with Crippen molar-refractivity contribution in [2.24, 2.45) is 11.8 Å². The average molecular weight is 284 g/mol. The van der Waals surface area contributed by atoms with Crippen LogP contribution in [0.15, 0.2) is 0 Å². The zero-order valence-corrected chi connectivity index (χ0v) is 12.2. The minimum atomic E-state index is -1.01. The van der Waals surface area contributed by atoms with Crippen molar-refractivity contribution in [1.29, 1.82) is 0 Å². The number of carbonyl (C=O) groups excluding carboxylic acids is 1. The third kappa shape index (κ3) is 3.06. The molecule has 1 aliphatic heterocycles. The van der Waals surface area contributed by atoms with E-state index >= 15 is 0 Å². The molecule has 1 saturated carbocycles. The number of ether oxygens (including phenoxy) is 1. The number of carbonyl (C=O) groups is 2. The maximum Gasteiger partial charge on any atom is 0.328 e. The Hall–Kier alpha value is -1.30. The first-order valence-electron chi connectivity index (χ1n) is 7.42. The van der Waals surface area contributed by atoms with Gasteiger partial charge < -0.3 is 20.1 Å². The van der Waals surface area contributed by atoms with Gasteiger partial charge in [0.25, 0.3) is 0 Å². The molecule has 6 heteroatoms. The maximum atomic E-state index is 12.3. The average Bonchev–Trinajstić information content (AvgIpc) is 2.79. The molecule has 2 N–H and O–H groups in total. The largest absolute Gasteiger partial charge is 0.480 e. The van der Waals surface area contributed by atoms with Gasteiger partial charge in [0.15, 0.2) is 6.04 Å². The van der Waals surface area contributed by atoms with Crippen LogP contribution in [-0.4, -0.2) is 53.8 Å². The van der Waals surface area contributed by atoms with Gasteiger partial charge in [-0.25, -0.2) is 9.59 Å². The molecule has 1 saturated heterocycles. The number of carboxylic acid groups (broad SMARTS) is 1. The number of hydrogen-bond acceptors (Lipinski definition) is 3. The van der Waals surface area contributed by atoms with Crippen LogP contribution in [0.3, 0.4) is 0 Å². The smallest absolute Gasteiger partial charge is 0.328 e. The standard InChI is InChI=1S/C14H24N2O4/c1-3-10-4-5-11(9(10)2)15-14(19)16-6-7-20-8-12(16)13(17)18/h9-12H,3-8H2,1-2H3,(H,15,19)(H,17,18). The second kappa shape index (κ2) is 6.43. The monoisotopic (exact) mass is 284 g/mol. The second-order valence-electron chi connectivity index (χ2n) is 5.78. The molecule has 2 fully saturated rings. The summed E-state index contributed by atoms with van der Waals surface area (Å²) in [4.78, 5) is 24.9. The normalized spacial score (nSPS) is 34.0. The number of morpholine rings is 1. The third-order valence-electron chi connectivity index (χ3n) is 4.73. The number of aliphatic carboxylic acids is 1. The molecule has 2 amide bonds. The van der Waals surface area contributed by atoms with Gasteiger partial charge in [0.2, 0.25) is 0 Å². The predicted molar refractivity (Wildman–Crippen MR) is 73.4 cm³/mol. The minimum Gasteiger partial charge on any atom is -0.480 e. The molecule has 1 heterocycles. The van der Waals surface area contributed by atoms with E-state index < -0.39 is 12.0 Å². The van der Waals surface area contributed by atoms with Crippen LogP contribution in [0.5, 0.6) is 0 Å². The summed E-state index contributed by atoms with van der Waals surface area (Å²) >= 11 is 0. The number of urea groups is 1. The van der Waals surface area contributed by atoms with Gasteiger partial charge in [-0.15, -0.1) is 0 Å². The summed E-state index contributed by atoms with van der Waals surface area (Å²) in [7, 11) is 0. The van der Waals surface area contributed by atoms with Crippen molar-refractivity contribution in [3.05, 3.63) is 0 Å². The van der Waals surface area contributed by atoms with Gasteiger partial charge in [-0.05, 0) is 24.7 Å². The van der Waals surface area contributed by atoms with E-state index in [2.05, 4.69) is 19.2 Å². The van der Waals surface area contributed by atoms with Gasteiger partial charge in [0.1, 0.15) is 0 Å². The Labute approximate surface area is 119 Å². The van der Waals surface area contributed by atoms with E-state index in [9.17, 15) is 9.59 Å². The fourth-order valence-electron chi connectivity index (χ4n) is 3.32. The van der Waals surface area contributed by atoms with Gasteiger partial charge >= 0.3 is 12.0 Å². The molecule has 2 aliphatic rings. The van der Waals surface area contributed by atoms with Crippen LogP contribution in [0.25, 0.3) is 0 Å². The van der Waals surface area contributed by atoms with Gasteiger partial charge in [-0.3, -0.25) is 0 Å². The summed E-state index contributed by atoms with van der Waals surface area (Å²) < 4.78 is 5.15. The molecule has 6 nitrogen and oxygen atoms in total. The summed E-state index contributed by atoms with van der Waals surface area (Å²) in [6.07, 6.45) is 3.24. The molecule has 114 valence electrons. The molecule has 0 bridgehead atoms. The molecule has 4 unspecified atom stereocenters. The molecule has 0 aromatic rings. The maximum absolute atomic E-state index is 12.3. The molecule has 1 aliphatic carbocycles. The second-order valence-corrected chi connectivity index (χ2v) is 5.78. The van der Waals surface area contributed by atoms with Crippen molar-refractivity contribution < 1.29 is 19.4 Å². The van der Waals surface area contributed by atoms with E-state index in [4.69, 9.17) is 9.84 Å². The zero-order chi connectivity index (χ0) is 14.7. The Morgan fingerprint density at radius 3 is 2.75 bits per heavy atom. The van der Waals surface area contributed by atoms with Crippen molar-refractivity contribution in [2.45, 2.75) is 45.2 Å². The van der Waals surface area contributed by atoms with E-state index in [0.717, 1.165) is 19.3 Å². The summed E-state index contributed by atoms with van der Waals surface area (Å²) in [6.45, 7) is 5.14. The van der Waals surface area contributed by atoms with Gasteiger partial charge in [-0.1, -0.05) is 20.3 Å². The topological polar surface area (TPSA) is 78.9 Å². The Balaban J connectivity index is 1.95. The molecule has 20 heavy (non-hydrogen) atoms. The van der Waals surface area contributed by atoms with Gasteiger partial charge in [-0.2, -0.15) is 0 Å². The van der Waals surface area contributed by atoms with Crippen LogP contribution >= 0.6 is 0 Å². The lowest BCUT2D eigenvalue weighted by atomic mass is 9.93. The van der Waals surface area contributed by atoms with Crippen molar-refractivity contribution in [3.8, 4) is 0 Å². The Morgan fingerprint density at radius 1 is 1.40 bits per heavy atom. The zero-order valence-electron chi connectivity index (χ0n) is 12.2. The van der Waals surface area contributed by atoms with Crippen LogP contribution < -0.4 is 5.32 Å². The number of nitrogens with zero attached hydrogens (tertiary/aromatic N) is 1. The van der Waals surface area contributed by atoms with Crippen molar-refractivity contribution in [1.82, 2.24) is 10.2 Å². The molecular weight excluding hydrogens is 260 g/mol. The quantitative estimate of drug-likeness (QED) is 0.819. The lowest BCUT2D eigenvalue weighted by Crippen LogP contribution is -2.57. The lowest BCUT2D eigenvalue weighted by Gasteiger charge is -2.34. The summed E-state index contributed by atoms with van der Waals surface area (Å²) in [6, 6.07) is -0.985. The molecule has 0 aromatic heterocycles. The number of carboxylic acids is 1. The highest BCUT2D eigenvalue weighted by Gasteiger charge is 2.37. The Bertz CT molecular complexity index is 374. The number of rotatable bonds is 3. The molecule has 0 radical (unpaired) electrons. The highest BCUT2D eigenvalue weighted by molar-refractivity contribution is 5.83. The van der Waals surface area contributed by atoms with Gasteiger partial charge in [0.05, 0.1) is 13.2 Å². The van der Waals surface area contributed by atoms with Crippen molar-refractivity contribution in [2.75, 3.05) is 19.8 Å². The first kappa shape index (κ1) is 15.1. The summed E-state index contributed by atoms with van der Waals surface area (Å²) in [5.74, 6) is 0.0966. The Kier molecular flexibility index (Phi) is 4.86. The molecule has 4 atom stereocenters. The third-order valence-corrected chi connectivity index (χ3v) is 4.73. The fraction of sp³-hybridized carbons (Fsp3) is 0.857. The molecule has 0 spiro atoms. The summed E-state index contributed by atoms with van der Waals surface area (Å²) in [5, 5.41) is 12.2. The van der Waals surface area contributed by atoms with E-state index in [1.807, 2.05) is 0 Å². The minimum absolute atomic E-state index is 0.0700. The summed E-state index contributed by atoms with van der Waals surface area (Å²) in [5.41, 5.74) is 0. The first-order chi connectivity index (χ1) is 9.54. The van der Waals surface area contributed by atoms with Crippen LogP contribution in [0.2, 0.25) is 0 Å². The van der Waals surface area contributed by atoms with Crippen LogP contribution in [0.1, 0.15) is 33.1 Å². The molecule has 0 aromatic carbocycles. The van der Waals surface area contributed by atoms with E-state index in [1.165, 1.54) is 4.90 Å². The van der Waals surface area contributed by atoms with Crippen LogP contribution in [0, 0.1) is 11.8 Å². The number of amides is 2. The molecule has 2 rings (SSSR count). The Morgan fingerprint density at radius 2 is 2.15 bits per heavy atom. The van der Waals surface area contributed by atoms with Crippen LogP contribution in [0.4, 0.5) is 4.79 Å². The number of hydrogen-bond donors (Lipinski definition) is 2. The van der Waals surface area contributed by atoms with Crippen LogP contribution in [-0.2, 0) is 9.53 Å². The fourth-order valence-corrected chi connectivity index (χ4v) is 3.32. The molecular formula is C14H24N2O4. The van der Waals surface area contributed by atoms with E-state index in [0.29, 0.717) is 25.0 Å². The number of nitrogens with one attached hydrogen (secondary N) is 1. The van der Waals surface area contributed by atoms with Crippen molar-refractivity contribution >= 4 is 12.0 Å². The van der Waals surface area contributed by atoms with Gasteiger partial charge in [0, 0.05) is 12.6 Å². The first-order valence-corrected chi connectivity index (χ1v) is 7.42. The highest BCUT2D eigenvalue weighted by Crippen LogP contribution is 2.34.